The van der Waals surface area contributed by atoms with E-state index in [2.05, 4.69) is 102 Å². The number of para-hydroxylation sites is 2. The Morgan fingerprint density at radius 3 is 1.88 bits per heavy atom. The van der Waals surface area contributed by atoms with Crippen LogP contribution in [0.15, 0.2) is 114 Å². The number of carboxylic acids is 1. The maximum absolute atomic E-state index is 11.4. The minimum Gasteiger partial charge on any atom is -0.477 e. The van der Waals surface area contributed by atoms with Crippen molar-refractivity contribution in [3.8, 4) is 32.0 Å². The maximum atomic E-state index is 11.4. The van der Waals surface area contributed by atoms with Crippen molar-refractivity contribution >= 4 is 56.0 Å². The van der Waals surface area contributed by atoms with E-state index in [9.17, 15) is 15.2 Å². The predicted molar refractivity (Wildman–Crippen MR) is 172 cm³/mol. The highest BCUT2D eigenvalue weighted by atomic mass is 32.1. The number of hydrogen-bond donors (Lipinski definition) is 1. The summed E-state index contributed by atoms with van der Waals surface area (Å²) in [5, 5.41) is 21.1. The number of carboxylic acid groups (broad SMARTS) is 1. The summed E-state index contributed by atoms with van der Waals surface area (Å²) in [5.41, 5.74) is 6.78. The van der Waals surface area contributed by atoms with E-state index in [4.69, 9.17) is 0 Å². The molecule has 0 saturated heterocycles. The molecule has 0 aliphatic carbocycles. The second kappa shape index (κ2) is 10.7. The van der Waals surface area contributed by atoms with Crippen molar-refractivity contribution in [2.45, 2.75) is 20.8 Å². The lowest BCUT2D eigenvalue weighted by Crippen LogP contribution is -2.02. The van der Waals surface area contributed by atoms with Crippen LogP contribution in [0, 0.1) is 11.3 Å². The third kappa shape index (κ3) is 4.70. The van der Waals surface area contributed by atoms with Gasteiger partial charge in [0.25, 0.3) is 0 Å². The van der Waals surface area contributed by atoms with E-state index in [0.29, 0.717) is 5.57 Å². The fraction of sp³-hybridized carbons (Fsp3) is 0.0857. The first-order chi connectivity index (χ1) is 19.9. The SMILES string of the molecule is CC(=C(\C#N)C(=O)O)/C(C)=C(\C)c1ccc(-c2ccc(-c3ccc(-n4c5ccccc5c5ccccc54)cc3)s2)s1. The molecule has 0 saturated carbocycles. The predicted octanol–water partition coefficient (Wildman–Crippen LogP) is 9.96. The Balaban J connectivity index is 1.29. The van der Waals surface area contributed by atoms with Crippen LogP contribution in [0.5, 0.6) is 0 Å². The standard InChI is InChI=1S/C35H26N2O2S2/c1-21(22(2)28(20-36)35(38)39)23(3)31-16-18-33(40-31)34-19-17-32(41-34)24-12-14-25(15-13-24)37-29-10-6-4-8-26(29)27-9-5-7-11-30(27)37/h4-19H,1-3H3,(H,38,39)/b23-21+,28-22-. The number of nitrogens with zero attached hydrogens (tertiary/aromatic N) is 2. The second-order valence-corrected chi connectivity index (χ2v) is 12.1. The van der Waals surface area contributed by atoms with Crippen LogP contribution in [0.3, 0.4) is 0 Å². The summed E-state index contributed by atoms with van der Waals surface area (Å²) >= 11 is 3.43. The summed E-state index contributed by atoms with van der Waals surface area (Å²) in [6, 6.07) is 36.2. The Bertz CT molecular complexity index is 2010. The third-order valence-electron chi connectivity index (χ3n) is 7.64. The molecule has 6 heteroatoms. The zero-order valence-electron chi connectivity index (χ0n) is 22.8. The highest BCUT2D eigenvalue weighted by molar-refractivity contribution is 7.24. The molecule has 0 radical (unpaired) electrons. The van der Waals surface area contributed by atoms with Crippen molar-refractivity contribution in [2.24, 2.45) is 0 Å². The van der Waals surface area contributed by atoms with Crippen LogP contribution in [0.2, 0.25) is 0 Å². The van der Waals surface area contributed by atoms with Gasteiger partial charge in [0.2, 0.25) is 0 Å². The molecule has 6 rings (SSSR count). The van der Waals surface area contributed by atoms with E-state index in [-0.39, 0.29) is 5.57 Å². The van der Waals surface area contributed by atoms with Gasteiger partial charge in [-0.05, 0) is 91.6 Å². The Kier molecular flexibility index (Phi) is 6.92. The number of benzene rings is 3. The van der Waals surface area contributed by atoms with Gasteiger partial charge in [0, 0.05) is 36.0 Å². The van der Waals surface area contributed by atoms with Gasteiger partial charge in [-0.1, -0.05) is 48.5 Å². The fourth-order valence-electron chi connectivity index (χ4n) is 5.22. The summed E-state index contributed by atoms with van der Waals surface area (Å²) < 4.78 is 2.33. The quantitative estimate of drug-likeness (QED) is 0.123. The van der Waals surface area contributed by atoms with Gasteiger partial charge in [0.1, 0.15) is 11.6 Å². The smallest absolute Gasteiger partial charge is 0.346 e. The number of allylic oxidation sites excluding steroid dienone is 3. The molecule has 0 spiro atoms. The van der Waals surface area contributed by atoms with Gasteiger partial charge >= 0.3 is 5.97 Å². The molecule has 0 aliphatic heterocycles. The number of rotatable bonds is 6. The van der Waals surface area contributed by atoms with Crippen LogP contribution in [0.25, 0.3) is 53.3 Å². The third-order valence-corrected chi connectivity index (χ3v) is 10.2. The molecule has 0 amide bonds. The number of thiophene rings is 2. The lowest BCUT2D eigenvalue weighted by molar-refractivity contribution is -0.132. The van der Waals surface area contributed by atoms with Crippen LogP contribution in [0.1, 0.15) is 25.6 Å². The zero-order chi connectivity index (χ0) is 28.7. The minimum atomic E-state index is -1.20. The van der Waals surface area contributed by atoms with Gasteiger partial charge in [0.15, 0.2) is 0 Å². The molecule has 0 unspecified atom stereocenters. The lowest BCUT2D eigenvalue weighted by atomic mass is 9.98. The Morgan fingerprint density at radius 2 is 1.27 bits per heavy atom. The Morgan fingerprint density at radius 1 is 0.707 bits per heavy atom. The van der Waals surface area contributed by atoms with Gasteiger partial charge in [-0.15, -0.1) is 22.7 Å². The van der Waals surface area contributed by atoms with Crippen molar-refractivity contribution in [3.63, 3.8) is 0 Å². The lowest BCUT2D eigenvalue weighted by Gasteiger charge is -2.08. The van der Waals surface area contributed by atoms with Crippen LogP contribution < -0.4 is 0 Å². The van der Waals surface area contributed by atoms with E-state index >= 15 is 0 Å². The molecule has 41 heavy (non-hydrogen) atoms. The van der Waals surface area contributed by atoms with E-state index in [1.54, 1.807) is 29.6 Å². The average molecular weight is 571 g/mol. The Hall–Kier alpha value is -4.70. The first-order valence-corrected chi connectivity index (χ1v) is 14.8. The molecule has 3 heterocycles. The van der Waals surface area contributed by atoms with Gasteiger partial charge in [-0.25, -0.2) is 4.79 Å². The van der Waals surface area contributed by atoms with E-state index in [0.717, 1.165) is 26.6 Å². The van der Waals surface area contributed by atoms with E-state index in [1.807, 2.05) is 19.9 Å². The topological polar surface area (TPSA) is 66.0 Å². The van der Waals surface area contributed by atoms with Crippen molar-refractivity contribution in [2.75, 3.05) is 0 Å². The molecular formula is C35H26N2O2S2. The molecule has 200 valence electrons. The van der Waals surface area contributed by atoms with Gasteiger partial charge in [-0.2, -0.15) is 5.26 Å². The number of hydrogen-bond acceptors (Lipinski definition) is 4. The van der Waals surface area contributed by atoms with Gasteiger partial charge in [0.05, 0.1) is 11.0 Å². The molecule has 1 N–H and O–H groups in total. The summed E-state index contributed by atoms with van der Waals surface area (Å²) in [5.74, 6) is -1.20. The number of aliphatic carboxylic acids is 1. The Labute approximate surface area is 246 Å². The van der Waals surface area contributed by atoms with Gasteiger partial charge < -0.3 is 9.67 Å². The van der Waals surface area contributed by atoms with Crippen LogP contribution >= 0.6 is 22.7 Å². The molecule has 0 bridgehead atoms. The van der Waals surface area contributed by atoms with Crippen molar-refractivity contribution < 1.29 is 9.90 Å². The zero-order valence-corrected chi connectivity index (χ0v) is 24.4. The normalized spacial score (nSPS) is 12.7. The highest BCUT2D eigenvalue weighted by Crippen LogP contribution is 2.40. The first kappa shape index (κ1) is 26.5. The fourth-order valence-corrected chi connectivity index (χ4v) is 7.38. The van der Waals surface area contributed by atoms with E-state index in [1.165, 1.54) is 37.1 Å². The minimum absolute atomic E-state index is 0.217. The molecular weight excluding hydrogens is 545 g/mol. The summed E-state index contributed by atoms with van der Waals surface area (Å²) in [6.45, 7) is 5.54. The number of carbonyl (C=O) groups is 1. The number of aromatic nitrogens is 1. The van der Waals surface area contributed by atoms with Crippen molar-refractivity contribution in [3.05, 3.63) is 119 Å². The van der Waals surface area contributed by atoms with Crippen molar-refractivity contribution in [1.29, 1.82) is 5.26 Å². The molecule has 4 nitrogen and oxygen atoms in total. The molecule has 3 aromatic carbocycles. The van der Waals surface area contributed by atoms with Crippen LogP contribution in [-0.4, -0.2) is 15.6 Å². The molecule has 0 fully saturated rings. The van der Waals surface area contributed by atoms with Crippen LogP contribution in [-0.2, 0) is 4.79 Å². The molecule has 6 aromatic rings. The second-order valence-electron chi connectivity index (χ2n) is 9.91. The summed E-state index contributed by atoms with van der Waals surface area (Å²) in [6.07, 6.45) is 0. The number of fused-ring (bicyclic) bond motifs is 3. The largest absolute Gasteiger partial charge is 0.477 e. The van der Waals surface area contributed by atoms with Crippen LogP contribution in [0.4, 0.5) is 0 Å². The van der Waals surface area contributed by atoms with Gasteiger partial charge in [-0.3, -0.25) is 0 Å². The molecule has 0 aliphatic rings. The maximum Gasteiger partial charge on any atom is 0.346 e. The van der Waals surface area contributed by atoms with E-state index < -0.39 is 5.97 Å². The van der Waals surface area contributed by atoms with Crippen molar-refractivity contribution in [1.82, 2.24) is 4.57 Å². The number of nitriles is 1. The monoisotopic (exact) mass is 570 g/mol. The summed E-state index contributed by atoms with van der Waals surface area (Å²) in [7, 11) is 0. The molecule has 3 aromatic heterocycles. The molecule has 0 atom stereocenters. The highest BCUT2D eigenvalue weighted by Gasteiger charge is 2.16. The first-order valence-electron chi connectivity index (χ1n) is 13.2. The summed E-state index contributed by atoms with van der Waals surface area (Å²) in [4.78, 5) is 16.0. The average Bonchev–Trinajstić information content (AvgIpc) is 3.74.